The molecule has 4 nitrogen and oxygen atoms in total. The number of fused-ring (bicyclic) bond motifs is 1. The number of anilines is 1. The van der Waals surface area contributed by atoms with Crippen molar-refractivity contribution in [1.29, 1.82) is 0 Å². The maximum absolute atomic E-state index is 5.77. The first-order chi connectivity index (χ1) is 7.83. The molecule has 0 aliphatic heterocycles. The molecule has 4 heteroatoms. The normalized spacial score (nSPS) is 24.1. The second-order valence-electron chi connectivity index (χ2n) is 4.35. The van der Waals surface area contributed by atoms with Gasteiger partial charge in [-0.25, -0.2) is 0 Å². The lowest BCUT2D eigenvalue weighted by Gasteiger charge is -2.33. The Bertz CT molecular complexity index is 500. The Balaban J connectivity index is 1.91. The zero-order valence-corrected chi connectivity index (χ0v) is 8.93. The number of aromatic nitrogens is 2. The monoisotopic (exact) mass is 214 g/mol. The van der Waals surface area contributed by atoms with Gasteiger partial charge in [-0.05, 0) is 18.9 Å². The third kappa shape index (κ3) is 1.61. The van der Waals surface area contributed by atoms with E-state index in [0.717, 1.165) is 29.4 Å². The van der Waals surface area contributed by atoms with Crippen molar-refractivity contribution in [2.75, 3.05) is 5.32 Å². The lowest BCUT2D eigenvalue weighted by Crippen LogP contribution is -2.44. The molecule has 0 unspecified atom stereocenters. The van der Waals surface area contributed by atoms with Gasteiger partial charge in [-0.15, -0.1) is 0 Å². The highest BCUT2D eigenvalue weighted by molar-refractivity contribution is 5.90. The van der Waals surface area contributed by atoms with Gasteiger partial charge in [0.05, 0.1) is 17.4 Å². The molecule has 1 aliphatic rings. The smallest absolute Gasteiger partial charge is 0.0950 e. The van der Waals surface area contributed by atoms with E-state index in [4.69, 9.17) is 5.73 Å². The van der Waals surface area contributed by atoms with Crippen LogP contribution in [0.1, 0.15) is 12.8 Å². The Morgan fingerprint density at radius 2 is 2.06 bits per heavy atom. The highest BCUT2D eigenvalue weighted by Gasteiger charge is 2.25. The Hall–Kier alpha value is -1.68. The largest absolute Gasteiger partial charge is 0.380 e. The van der Waals surface area contributed by atoms with E-state index in [0.29, 0.717) is 12.1 Å². The molecule has 0 saturated heterocycles. The predicted molar refractivity (Wildman–Crippen MR) is 64.2 cm³/mol. The van der Waals surface area contributed by atoms with Gasteiger partial charge in [0.2, 0.25) is 0 Å². The van der Waals surface area contributed by atoms with Gasteiger partial charge in [-0.1, -0.05) is 18.2 Å². The van der Waals surface area contributed by atoms with E-state index < -0.39 is 0 Å². The Kier molecular flexibility index (Phi) is 2.22. The minimum atomic E-state index is 0.360. The third-order valence-electron chi connectivity index (χ3n) is 3.08. The summed E-state index contributed by atoms with van der Waals surface area (Å²) in [5, 5.41) is 12.7. The molecule has 0 amide bonds. The zero-order chi connectivity index (χ0) is 11.0. The molecule has 1 heterocycles. The molecule has 1 aromatic carbocycles. The molecule has 0 spiro atoms. The van der Waals surface area contributed by atoms with Gasteiger partial charge in [0.25, 0.3) is 0 Å². The fraction of sp³-hybridized carbons (Fsp3) is 0.333. The molecule has 2 aromatic rings. The molecule has 82 valence electrons. The van der Waals surface area contributed by atoms with Crippen LogP contribution in [0, 0.1) is 0 Å². The summed E-state index contributed by atoms with van der Waals surface area (Å²) in [5.74, 6) is 0. The molecular weight excluding hydrogens is 200 g/mol. The molecule has 1 aromatic heterocycles. The summed E-state index contributed by atoms with van der Waals surface area (Å²) in [4.78, 5) is 0. The summed E-state index contributed by atoms with van der Waals surface area (Å²) >= 11 is 0. The maximum atomic E-state index is 5.77. The van der Waals surface area contributed by atoms with E-state index in [1.54, 1.807) is 6.20 Å². The average Bonchev–Trinajstić information content (AvgIpc) is 2.27. The fourth-order valence-corrected chi connectivity index (χ4v) is 2.12. The Morgan fingerprint density at radius 1 is 1.25 bits per heavy atom. The molecule has 16 heavy (non-hydrogen) atoms. The van der Waals surface area contributed by atoms with Crippen molar-refractivity contribution in [3.8, 4) is 0 Å². The quantitative estimate of drug-likeness (QED) is 0.795. The molecule has 1 aliphatic carbocycles. The van der Waals surface area contributed by atoms with E-state index in [9.17, 15) is 0 Å². The Morgan fingerprint density at radius 3 is 2.88 bits per heavy atom. The summed E-state index contributed by atoms with van der Waals surface area (Å²) in [6.45, 7) is 0. The van der Waals surface area contributed by atoms with Crippen LogP contribution >= 0.6 is 0 Å². The van der Waals surface area contributed by atoms with Crippen LogP contribution in [-0.2, 0) is 0 Å². The van der Waals surface area contributed by atoms with Crippen molar-refractivity contribution in [2.24, 2.45) is 5.73 Å². The number of hydrogen-bond acceptors (Lipinski definition) is 4. The highest BCUT2D eigenvalue weighted by Crippen LogP contribution is 2.26. The zero-order valence-electron chi connectivity index (χ0n) is 8.93. The van der Waals surface area contributed by atoms with Crippen LogP contribution in [0.2, 0.25) is 0 Å². The number of nitrogens with two attached hydrogens (primary N) is 1. The minimum absolute atomic E-state index is 0.360. The molecule has 3 N–H and O–H groups in total. The maximum Gasteiger partial charge on any atom is 0.0950 e. The van der Waals surface area contributed by atoms with Crippen molar-refractivity contribution >= 4 is 16.6 Å². The summed E-state index contributed by atoms with van der Waals surface area (Å²) in [5.41, 5.74) is 7.75. The van der Waals surface area contributed by atoms with Gasteiger partial charge in [-0.2, -0.15) is 10.2 Å². The summed E-state index contributed by atoms with van der Waals surface area (Å²) in [7, 11) is 0. The number of hydrogen-bond donors (Lipinski definition) is 2. The van der Waals surface area contributed by atoms with Crippen molar-refractivity contribution in [1.82, 2.24) is 10.2 Å². The first-order valence-electron chi connectivity index (χ1n) is 5.55. The Labute approximate surface area is 93.9 Å². The predicted octanol–water partition coefficient (Wildman–Crippen LogP) is 1.53. The molecule has 3 rings (SSSR count). The van der Waals surface area contributed by atoms with E-state index in [1.807, 2.05) is 18.2 Å². The van der Waals surface area contributed by atoms with E-state index in [-0.39, 0.29) is 0 Å². The standard InChI is InChI=1S/C12H14N4/c13-8-5-9(6-8)15-12-7-14-16-11-4-2-1-3-10(11)12/h1-4,7-9H,5-6,13H2,(H,15,16). The first kappa shape index (κ1) is 9.54. The van der Waals surface area contributed by atoms with Crippen LogP contribution < -0.4 is 11.1 Å². The van der Waals surface area contributed by atoms with Crippen LogP contribution in [0.3, 0.4) is 0 Å². The van der Waals surface area contributed by atoms with Crippen LogP contribution in [0.4, 0.5) is 5.69 Å². The third-order valence-corrected chi connectivity index (χ3v) is 3.08. The topological polar surface area (TPSA) is 63.8 Å². The van der Waals surface area contributed by atoms with Gasteiger partial charge >= 0.3 is 0 Å². The van der Waals surface area contributed by atoms with Crippen LogP contribution in [-0.4, -0.2) is 22.3 Å². The van der Waals surface area contributed by atoms with Gasteiger partial charge < -0.3 is 11.1 Å². The SMILES string of the molecule is NC1CC(Nc2cnnc3ccccc23)C1. The van der Waals surface area contributed by atoms with Crippen molar-refractivity contribution in [2.45, 2.75) is 24.9 Å². The van der Waals surface area contributed by atoms with Crippen molar-refractivity contribution in [3.63, 3.8) is 0 Å². The second-order valence-corrected chi connectivity index (χ2v) is 4.35. The van der Waals surface area contributed by atoms with Crippen molar-refractivity contribution in [3.05, 3.63) is 30.5 Å². The van der Waals surface area contributed by atoms with Gasteiger partial charge in [0.15, 0.2) is 0 Å². The summed E-state index contributed by atoms with van der Waals surface area (Å²) < 4.78 is 0. The van der Waals surface area contributed by atoms with Crippen LogP contribution in [0.5, 0.6) is 0 Å². The van der Waals surface area contributed by atoms with Gasteiger partial charge in [0.1, 0.15) is 0 Å². The molecule has 1 saturated carbocycles. The van der Waals surface area contributed by atoms with E-state index >= 15 is 0 Å². The molecule has 0 radical (unpaired) electrons. The highest BCUT2D eigenvalue weighted by atomic mass is 15.1. The first-order valence-corrected chi connectivity index (χ1v) is 5.55. The van der Waals surface area contributed by atoms with Crippen LogP contribution in [0.15, 0.2) is 30.5 Å². The number of nitrogens with zero attached hydrogens (tertiary/aromatic N) is 2. The van der Waals surface area contributed by atoms with Crippen molar-refractivity contribution < 1.29 is 0 Å². The average molecular weight is 214 g/mol. The molecule has 0 bridgehead atoms. The summed E-state index contributed by atoms with van der Waals surface area (Å²) in [6.07, 6.45) is 3.86. The molecule has 0 atom stereocenters. The lowest BCUT2D eigenvalue weighted by atomic mass is 9.87. The molecule has 1 fully saturated rings. The number of rotatable bonds is 2. The van der Waals surface area contributed by atoms with Gasteiger partial charge in [0, 0.05) is 17.5 Å². The number of nitrogens with one attached hydrogen (secondary N) is 1. The van der Waals surface area contributed by atoms with Gasteiger partial charge in [-0.3, -0.25) is 0 Å². The molecular formula is C12H14N4. The fourth-order valence-electron chi connectivity index (χ4n) is 2.12. The van der Waals surface area contributed by atoms with E-state index in [2.05, 4.69) is 21.6 Å². The minimum Gasteiger partial charge on any atom is -0.380 e. The lowest BCUT2D eigenvalue weighted by molar-refractivity contribution is 0.374. The summed E-state index contributed by atoms with van der Waals surface area (Å²) in [6, 6.07) is 8.87. The number of benzene rings is 1. The second kappa shape index (κ2) is 3.72. The van der Waals surface area contributed by atoms with Crippen LogP contribution in [0.25, 0.3) is 10.9 Å². The van der Waals surface area contributed by atoms with E-state index in [1.165, 1.54) is 0 Å².